The van der Waals surface area contributed by atoms with E-state index in [0.717, 1.165) is 17.0 Å². The smallest absolute Gasteiger partial charge is 0.223 e. The van der Waals surface area contributed by atoms with Crippen molar-refractivity contribution in [1.82, 2.24) is 9.97 Å². The normalized spacial score (nSPS) is 16.2. The fraction of sp³-hybridized carbons (Fsp3) is 0.600. The SMILES string of the molecule is Cc1nc(NCC(C)N)nc2c1COC2. The predicted molar refractivity (Wildman–Crippen MR) is 57.4 cm³/mol. The van der Waals surface area contributed by atoms with Crippen LogP contribution in [0, 0.1) is 6.92 Å². The van der Waals surface area contributed by atoms with Crippen LogP contribution in [0.3, 0.4) is 0 Å². The maximum Gasteiger partial charge on any atom is 0.223 e. The van der Waals surface area contributed by atoms with Gasteiger partial charge in [-0.2, -0.15) is 0 Å². The second kappa shape index (κ2) is 4.12. The highest BCUT2D eigenvalue weighted by Gasteiger charge is 2.17. The van der Waals surface area contributed by atoms with Crippen LogP contribution in [0.5, 0.6) is 0 Å². The molecular formula is C10H16N4O. The molecule has 2 heterocycles. The molecule has 5 heteroatoms. The second-order valence-corrected chi connectivity index (χ2v) is 3.91. The molecule has 2 rings (SSSR count). The van der Waals surface area contributed by atoms with E-state index in [1.807, 2.05) is 13.8 Å². The lowest BCUT2D eigenvalue weighted by Crippen LogP contribution is -2.26. The van der Waals surface area contributed by atoms with Gasteiger partial charge in [-0.3, -0.25) is 0 Å². The molecule has 15 heavy (non-hydrogen) atoms. The number of nitrogens with zero attached hydrogens (tertiary/aromatic N) is 2. The maximum atomic E-state index is 5.65. The number of hydrogen-bond acceptors (Lipinski definition) is 5. The van der Waals surface area contributed by atoms with E-state index in [2.05, 4.69) is 15.3 Å². The first-order valence-corrected chi connectivity index (χ1v) is 5.10. The molecule has 0 bridgehead atoms. The van der Waals surface area contributed by atoms with E-state index in [-0.39, 0.29) is 6.04 Å². The van der Waals surface area contributed by atoms with E-state index in [1.165, 1.54) is 0 Å². The topological polar surface area (TPSA) is 73.1 Å². The fourth-order valence-electron chi connectivity index (χ4n) is 1.54. The van der Waals surface area contributed by atoms with Gasteiger partial charge in [0.25, 0.3) is 0 Å². The van der Waals surface area contributed by atoms with Crippen LogP contribution in [0.15, 0.2) is 0 Å². The predicted octanol–water partition coefficient (Wildman–Crippen LogP) is 0.574. The molecule has 3 N–H and O–H groups in total. The molecule has 0 spiro atoms. The van der Waals surface area contributed by atoms with Crippen LogP contribution in [-0.2, 0) is 18.0 Å². The van der Waals surface area contributed by atoms with Crippen molar-refractivity contribution in [3.8, 4) is 0 Å². The Morgan fingerprint density at radius 3 is 3.00 bits per heavy atom. The highest BCUT2D eigenvalue weighted by molar-refractivity contribution is 5.35. The molecule has 0 aromatic carbocycles. The average Bonchev–Trinajstić information content (AvgIpc) is 2.63. The number of nitrogens with one attached hydrogen (secondary N) is 1. The Kier molecular flexibility index (Phi) is 2.83. The van der Waals surface area contributed by atoms with Gasteiger partial charge in [0.2, 0.25) is 5.95 Å². The highest BCUT2D eigenvalue weighted by atomic mass is 16.5. The first-order valence-electron chi connectivity index (χ1n) is 5.10. The molecule has 1 aliphatic rings. The van der Waals surface area contributed by atoms with Crippen LogP contribution in [0.2, 0.25) is 0 Å². The molecule has 82 valence electrons. The minimum Gasteiger partial charge on any atom is -0.370 e. The minimum atomic E-state index is 0.0958. The van der Waals surface area contributed by atoms with Gasteiger partial charge in [-0.05, 0) is 13.8 Å². The van der Waals surface area contributed by atoms with Crippen molar-refractivity contribution in [1.29, 1.82) is 0 Å². The van der Waals surface area contributed by atoms with Crippen molar-refractivity contribution in [2.75, 3.05) is 11.9 Å². The number of rotatable bonds is 3. The van der Waals surface area contributed by atoms with Gasteiger partial charge in [-0.1, -0.05) is 0 Å². The molecule has 1 aliphatic heterocycles. The van der Waals surface area contributed by atoms with Crippen LogP contribution < -0.4 is 11.1 Å². The zero-order chi connectivity index (χ0) is 10.8. The van der Waals surface area contributed by atoms with Crippen molar-refractivity contribution in [2.45, 2.75) is 33.1 Å². The van der Waals surface area contributed by atoms with Gasteiger partial charge < -0.3 is 15.8 Å². The molecule has 0 saturated carbocycles. The van der Waals surface area contributed by atoms with Crippen molar-refractivity contribution in [2.24, 2.45) is 5.73 Å². The van der Waals surface area contributed by atoms with Crippen LogP contribution in [0.1, 0.15) is 23.9 Å². The Morgan fingerprint density at radius 2 is 2.27 bits per heavy atom. The summed E-state index contributed by atoms with van der Waals surface area (Å²) in [5.41, 5.74) is 8.76. The molecule has 5 nitrogen and oxygen atoms in total. The third-order valence-electron chi connectivity index (χ3n) is 2.37. The number of aromatic nitrogens is 2. The molecule has 1 unspecified atom stereocenters. The Hall–Kier alpha value is -1.20. The van der Waals surface area contributed by atoms with E-state index >= 15 is 0 Å². The monoisotopic (exact) mass is 208 g/mol. The Bertz CT molecular complexity index is 365. The van der Waals surface area contributed by atoms with E-state index < -0.39 is 0 Å². The van der Waals surface area contributed by atoms with Gasteiger partial charge in [0.15, 0.2) is 0 Å². The molecule has 0 saturated heterocycles. The molecule has 0 radical (unpaired) electrons. The Labute approximate surface area is 89.1 Å². The first-order chi connectivity index (χ1) is 7.16. The number of nitrogens with two attached hydrogens (primary N) is 1. The molecule has 1 aromatic rings. The minimum absolute atomic E-state index is 0.0958. The summed E-state index contributed by atoms with van der Waals surface area (Å²) < 4.78 is 5.32. The summed E-state index contributed by atoms with van der Waals surface area (Å²) in [7, 11) is 0. The third-order valence-corrected chi connectivity index (χ3v) is 2.37. The summed E-state index contributed by atoms with van der Waals surface area (Å²) in [6, 6.07) is 0.0958. The summed E-state index contributed by atoms with van der Waals surface area (Å²) in [4.78, 5) is 8.74. The van der Waals surface area contributed by atoms with Crippen LogP contribution in [0.4, 0.5) is 5.95 Å². The summed E-state index contributed by atoms with van der Waals surface area (Å²) >= 11 is 0. The van der Waals surface area contributed by atoms with Gasteiger partial charge in [-0.15, -0.1) is 0 Å². The number of aryl methyl sites for hydroxylation is 1. The van der Waals surface area contributed by atoms with Crippen molar-refractivity contribution in [3.05, 3.63) is 17.0 Å². The lowest BCUT2D eigenvalue weighted by atomic mass is 10.2. The van der Waals surface area contributed by atoms with Gasteiger partial charge in [-0.25, -0.2) is 9.97 Å². The molecule has 0 fully saturated rings. The van der Waals surface area contributed by atoms with Gasteiger partial charge >= 0.3 is 0 Å². The van der Waals surface area contributed by atoms with E-state index in [1.54, 1.807) is 0 Å². The maximum absolute atomic E-state index is 5.65. The van der Waals surface area contributed by atoms with Gasteiger partial charge in [0.1, 0.15) is 0 Å². The Balaban J connectivity index is 2.16. The summed E-state index contributed by atoms with van der Waals surface area (Å²) in [5.74, 6) is 0.647. The molecule has 1 atom stereocenters. The summed E-state index contributed by atoms with van der Waals surface area (Å²) in [6.07, 6.45) is 0. The van der Waals surface area contributed by atoms with Crippen LogP contribution in [0.25, 0.3) is 0 Å². The molecule has 0 aliphatic carbocycles. The van der Waals surface area contributed by atoms with E-state index in [9.17, 15) is 0 Å². The first kappa shape index (κ1) is 10.3. The molecular weight excluding hydrogens is 192 g/mol. The van der Waals surface area contributed by atoms with Crippen LogP contribution >= 0.6 is 0 Å². The zero-order valence-corrected chi connectivity index (χ0v) is 9.08. The van der Waals surface area contributed by atoms with Crippen molar-refractivity contribution >= 4 is 5.95 Å². The van der Waals surface area contributed by atoms with Crippen LogP contribution in [-0.4, -0.2) is 22.6 Å². The number of hydrogen-bond donors (Lipinski definition) is 2. The standard InChI is InChI=1S/C10H16N4O/c1-6(11)3-12-10-13-7(2)8-4-15-5-9(8)14-10/h6H,3-5,11H2,1-2H3,(H,12,13,14). The van der Waals surface area contributed by atoms with Gasteiger partial charge in [0, 0.05) is 23.8 Å². The van der Waals surface area contributed by atoms with E-state index in [0.29, 0.717) is 25.7 Å². The third kappa shape index (κ3) is 2.24. The van der Waals surface area contributed by atoms with E-state index in [4.69, 9.17) is 10.5 Å². The Morgan fingerprint density at radius 1 is 1.47 bits per heavy atom. The fourth-order valence-corrected chi connectivity index (χ4v) is 1.54. The largest absolute Gasteiger partial charge is 0.370 e. The number of fused-ring (bicyclic) bond motifs is 1. The highest BCUT2D eigenvalue weighted by Crippen LogP contribution is 2.21. The van der Waals surface area contributed by atoms with Crippen molar-refractivity contribution in [3.63, 3.8) is 0 Å². The average molecular weight is 208 g/mol. The van der Waals surface area contributed by atoms with Gasteiger partial charge in [0.05, 0.1) is 18.9 Å². The number of anilines is 1. The lowest BCUT2D eigenvalue weighted by Gasteiger charge is -2.09. The summed E-state index contributed by atoms with van der Waals surface area (Å²) in [5, 5.41) is 3.11. The quantitative estimate of drug-likeness (QED) is 0.760. The molecule has 0 amide bonds. The van der Waals surface area contributed by atoms with Crippen molar-refractivity contribution < 1.29 is 4.74 Å². The molecule has 1 aromatic heterocycles. The second-order valence-electron chi connectivity index (χ2n) is 3.91. The lowest BCUT2D eigenvalue weighted by molar-refractivity contribution is 0.133. The number of ether oxygens (including phenoxy) is 1. The zero-order valence-electron chi connectivity index (χ0n) is 9.08. The summed E-state index contributed by atoms with van der Waals surface area (Å²) in [6.45, 7) is 5.82.